The standard InChI is InChI=1S/C8H8F2O.C2H6/c1-5-3-4-6(9)8(11-2)7(5)10;1-2/h3-4H,1-2H3;1-2H3. The number of hydrogen-bond donors (Lipinski definition) is 0. The summed E-state index contributed by atoms with van der Waals surface area (Å²) in [6.45, 7) is 5.55. The van der Waals surface area contributed by atoms with Crippen LogP contribution in [0.5, 0.6) is 5.75 Å². The summed E-state index contributed by atoms with van der Waals surface area (Å²) >= 11 is 0. The average molecular weight is 188 g/mol. The molecule has 0 N–H and O–H groups in total. The van der Waals surface area contributed by atoms with E-state index >= 15 is 0 Å². The van der Waals surface area contributed by atoms with Crippen LogP contribution < -0.4 is 4.74 Å². The van der Waals surface area contributed by atoms with Gasteiger partial charge in [-0.3, -0.25) is 0 Å². The first kappa shape index (κ1) is 11.9. The molecular weight excluding hydrogens is 174 g/mol. The predicted octanol–water partition coefficient (Wildman–Crippen LogP) is 3.31. The van der Waals surface area contributed by atoms with Crippen LogP contribution in [-0.4, -0.2) is 7.11 Å². The van der Waals surface area contributed by atoms with Crippen LogP contribution in [0.25, 0.3) is 0 Å². The van der Waals surface area contributed by atoms with Crippen molar-refractivity contribution in [1.82, 2.24) is 0 Å². The lowest BCUT2D eigenvalue weighted by atomic mass is 10.2. The second-order valence-electron chi connectivity index (χ2n) is 2.21. The van der Waals surface area contributed by atoms with Gasteiger partial charge in [-0.2, -0.15) is 0 Å². The molecule has 0 bridgehead atoms. The highest BCUT2D eigenvalue weighted by Crippen LogP contribution is 2.23. The molecule has 13 heavy (non-hydrogen) atoms. The highest BCUT2D eigenvalue weighted by Gasteiger charge is 2.10. The van der Waals surface area contributed by atoms with Gasteiger partial charge in [0.1, 0.15) is 0 Å². The zero-order valence-electron chi connectivity index (χ0n) is 8.32. The fraction of sp³-hybridized carbons (Fsp3) is 0.400. The fourth-order valence-electron chi connectivity index (χ4n) is 0.818. The van der Waals surface area contributed by atoms with Gasteiger partial charge in [-0.15, -0.1) is 0 Å². The minimum absolute atomic E-state index is 0.315. The minimum atomic E-state index is -0.671. The van der Waals surface area contributed by atoms with Crippen molar-refractivity contribution in [2.75, 3.05) is 7.11 Å². The number of rotatable bonds is 1. The SMILES string of the molecule is CC.COc1c(F)ccc(C)c1F. The zero-order chi connectivity index (χ0) is 10.4. The van der Waals surface area contributed by atoms with Crippen LogP contribution in [0, 0.1) is 18.6 Å². The van der Waals surface area contributed by atoms with Gasteiger partial charge in [0.15, 0.2) is 17.4 Å². The van der Waals surface area contributed by atoms with Crippen LogP contribution in [0.2, 0.25) is 0 Å². The maximum Gasteiger partial charge on any atom is 0.190 e. The van der Waals surface area contributed by atoms with E-state index in [1.165, 1.54) is 19.2 Å². The topological polar surface area (TPSA) is 9.23 Å². The summed E-state index contributed by atoms with van der Waals surface area (Å²) in [6.07, 6.45) is 0. The lowest BCUT2D eigenvalue weighted by molar-refractivity contribution is 0.358. The van der Waals surface area contributed by atoms with E-state index < -0.39 is 11.6 Å². The largest absolute Gasteiger partial charge is 0.491 e. The molecule has 0 radical (unpaired) electrons. The molecule has 0 saturated carbocycles. The molecule has 0 aliphatic rings. The van der Waals surface area contributed by atoms with Gasteiger partial charge in [0, 0.05) is 0 Å². The zero-order valence-corrected chi connectivity index (χ0v) is 8.32. The predicted molar refractivity (Wildman–Crippen MR) is 49.0 cm³/mol. The average Bonchev–Trinajstić information content (AvgIpc) is 2.16. The molecule has 0 spiro atoms. The Morgan fingerprint density at radius 3 is 2.08 bits per heavy atom. The third-order valence-corrected chi connectivity index (χ3v) is 1.45. The highest BCUT2D eigenvalue weighted by molar-refractivity contribution is 5.31. The van der Waals surface area contributed by atoms with E-state index in [1.54, 1.807) is 6.92 Å². The smallest absolute Gasteiger partial charge is 0.190 e. The van der Waals surface area contributed by atoms with Crippen LogP contribution in [0.4, 0.5) is 8.78 Å². The van der Waals surface area contributed by atoms with Gasteiger partial charge in [-0.25, -0.2) is 8.78 Å². The molecule has 3 heteroatoms. The molecule has 0 heterocycles. The number of halogens is 2. The molecule has 1 nitrogen and oxygen atoms in total. The van der Waals surface area contributed by atoms with Gasteiger partial charge in [-0.1, -0.05) is 19.9 Å². The van der Waals surface area contributed by atoms with Crippen molar-refractivity contribution in [2.24, 2.45) is 0 Å². The fourth-order valence-corrected chi connectivity index (χ4v) is 0.818. The van der Waals surface area contributed by atoms with E-state index in [0.29, 0.717) is 5.56 Å². The molecule has 1 rings (SSSR count). The summed E-state index contributed by atoms with van der Waals surface area (Å²) in [6, 6.07) is 2.55. The van der Waals surface area contributed by atoms with Crippen molar-refractivity contribution in [3.05, 3.63) is 29.3 Å². The first-order valence-corrected chi connectivity index (χ1v) is 4.15. The Hall–Kier alpha value is -1.12. The van der Waals surface area contributed by atoms with E-state index in [9.17, 15) is 8.78 Å². The maximum absolute atomic E-state index is 12.9. The van der Waals surface area contributed by atoms with Gasteiger partial charge >= 0.3 is 0 Å². The van der Waals surface area contributed by atoms with E-state index in [4.69, 9.17) is 0 Å². The second kappa shape index (κ2) is 5.51. The number of methoxy groups -OCH3 is 1. The summed E-state index contributed by atoms with van der Waals surface area (Å²) in [5, 5.41) is 0. The van der Waals surface area contributed by atoms with Crippen LogP contribution in [0.3, 0.4) is 0 Å². The minimum Gasteiger partial charge on any atom is -0.491 e. The van der Waals surface area contributed by atoms with Gasteiger partial charge in [0.25, 0.3) is 0 Å². The van der Waals surface area contributed by atoms with E-state index in [-0.39, 0.29) is 5.75 Å². The molecule has 0 atom stereocenters. The lowest BCUT2D eigenvalue weighted by Gasteiger charge is -2.04. The van der Waals surface area contributed by atoms with E-state index in [1.807, 2.05) is 13.8 Å². The molecule has 0 fully saturated rings. The highest BCUT2D eigenvalue weighted by atomic mass is 19.1. The van der Waals surface area contributed by atoms with Crippen molar-refractivity contribution >= 4 is 0 Å². The first-order chi connectivity index (χ1) is 6.16. The molecule has 0 saturated heterocycles. The summed E-state index contributed by atoms with van der Waals surface area (Å²) in [5.41, 5.74) is 0.378. The van der Waals surface area contributed by atoms with Crippen molar-refractivity contribution in [1.29, 1.82) is 0 Å². The summed E-state index contributed by atoms with van der Waals surface area (Å²) < 4.78 is 30.1. The Bertz CT molecular complexity index is 272. The Balaban J connectivity index is 0.000000671. The lowest BCUT2D eigenvalue weighted by Crippen LogP contribution is -1.94. The van der Waals surface area contributed by atoms with Crippen molar-refractivity contribution in [2.45, 2.75) is 20.8 Å². The van der Waals surface area contributed by atoms with Crippen LogP contribution in [0.15, 0.2) is 12.1 Å². The molecule has 0 aromatic heterocycles. The molecular formula is C10H14F2O. The van der Waals surface area contributed by atoms with E-state index in [0.717, 1.165) is 0 Å². The molecule has 0 unspecified atom stereocenters. The Morgan fingerprint density at radius 1 is 1.15 bits per heavy atom. The maximum atomic E-state index is 12.9. The Morgan fingerprint density at radius 2 is 1.69 bits per heavy atom. The van der Waals surface area contributed by atoms with Crippen LogP contribution in [-0.2, 0) is 0 Å². The second-order valence-corrected chi connectivity index (χ2v) is 2.21. The van der Waals surface area contributed by atoms with Crippen molar-refractivity contribution < 1.29 is 13.5 Å². The van der Waals surface area contributed by atoms with Crippen LogP contribution in [0.1, 0.15) is 19.4 Å². The monoisotopic (exact) mass is 188 g/mol. The number of benzene rings is 1. The molecule has 0 aliphatic heterocycles. The summed E-state index contributed by atoms with van der Waals surface area (Å²) in [7, 11) is 1.24. The van der Waals surface area contributed by atoms with E-state index in [2.05, 4.69) is 4.74 Å². The quantitative estimate of drug-likeness (QED) is 0.657. The van der Waals surface area contributed by atoms with Gasteiger partial charge in [0.05, 0.1) is 7.11 Å². The Kier molecular flexibility index (Phi) is 5.04. The first-order valence-electron chi connectivity index (χ1n) is 4.15. The number of hydrogen-bond acceptors (Lipinski definition) is 1. The molecule has 0 aliphatic carbocycles. The van der Waals surface area contributed by atoms with Gasteiger partial charge < -0.3 is 4.74 Å². The van der Waals surface area contributed by atoms with Crippen LogP contribution >= 0.6 is 0 Å². The molecule has 1 aromatic carbocycles. The van der Waals surface area contributed by atoms with Crippen molar-refractivity contribution in [3.63, 3.8) is 0 Å². The summed E-state index contributed by atoms with van der Waals surface area (Å²) in [4.78, 5) is 0. The normalized spacial score (nSPS) is 8.77. The number of ether oxygens (including phenoxy) is 1. The number of aryl methyl sites for hydroxylation is 1. The van der Waals surface area contributed by atoms with Crippen molar-refractivity contribution in [3.8, 4) is 5.75 Å². The molecule has 0 amide bonds. The van der Waals surface area contributed by atoms with Gasteiger partial charge in [0.2, 0.25) is 0 Å². The molecule has 1 aromatic rings. The Labute approximate surface area is 77.3 Å². The third-order valence-electron chi connectivity index (χ3n) is 1.45. The summed E-state index contributed by atoms with van der Waals surface area (Å²) in [5.74, 6) is -1.62. The third kappa shape index (κ3) is 2.68. The molecule has 74 valence electrons. The van der Waals surface area contributed by atoms with Gasteiger partial charge in [-0.05, 0) is 18.6 Å².